The van der Waals surface area contributed by atoms with Gasteiger partial charge in [0.15, 0.2) is 0 Å². The van der Waals surface area contributed by atoms with Crippen LogP contribution in [0, 0.1) is 11.8 Å². The molecule has 0 bridgehead atoms. The molecular formula is C11H17N3S. The Kier molecular flexibility index (Phi) is 2.50. The molecule has 1 unspecified atom stereocenters. The van der Waals surface area contributed by atoms with Crippen LogP contribution >= 0.6 is 11.3 Å². The fourth-order valence-electron chi connectivity index (χ4n) is 2.82. The van der Waals surface area contributed by atoms with E-state index < -0.39 is 0 Å². The van der Waals surface area contributed by atoms with Crippen LogP contribution in [-0.4, -0.2) is 36.1 Å². The van der Waals surface area contributed by atoms with Crippen molar-refractivity contribution >= 4 is 11.3 Å². The third-order valence-corrected chi connectivity index (χ3v) is 4.45. The lowest BCUT2D eigenvalue weighted by Gasteiger charge is -2.23. The van der Waals surface area contributed by atoms with Gasteiger partial charge >= 0.3 is 0 Å². The second-order valence-corrected chi connectivity index (χ2v) is 5.44. The van der Waals surface area contributed by atoms with Gasteiger partial charge in [-0.05, 0) is 31.8 Å². The van der Waals surface area contributed by atoms with Gasteiger partial charge in [0.25, 0.3) is 0 Å². The minimum absolute atomic E-state index is 0.502. The molecule has 82 valence electrons. The van der Waals surface area contributed by atoms with Crippen LogP contribution in [-0.2, 0) is 0 Å². The van der Waals surface area contributed by atoms with E-state index in [2.05, 4.69) is 27.5 Å². The summed E-state index contributed by atoms with van der Waals surface area (Å²) in [6.07, 6.45) is 0. The fourth-order valence-corrected chi connectivity index (χ4v) is 3.46. The van der Waals surface area contributed by atoms with Crippen LogP contribution in [0.2, 0.25) is 0 Å². The van der Waals surface area contributed by atoms with E-state index in [0.717, 1.165) is 11.8 Å². The molecule has 0 radical (unpaired) electrons. The summed E-state index contributed by atoms with van der Waals surface area (Å²) in [5.41, 5.74) is 3.18. The van der Waals surface area contributed by atoms with Crippen LogP contribution in [0.4, 0.5) is 0 Å². The zero-order valence-electron chi connectivity index (χ0n) is 9.02. The summed E-state index contributed by atoms with van der Waals surface area (Å²) in [6.45, 7) is 7.20. The number of nitrogens with one attached hydrogen (secondary N) is 1. The van der Waals surface area contributed by atoms with Crippen LogP contribution in [0.3, 0.4) is 0 Å². The van der Waals surface area contributed by atoms with Crippen LogP contribution in [0.15, 0.2) is 10.9 Å². The van der Waals surface area contributed by atoms with E-state index in [-0.39, 0.29) is 0 Å². The first-order valence-corrected chi connectivity index (χ1v) is 6.61. The predicted octanol–water partition coefficient (Wildman–Crippen LogP) is 1.36. The van der Waals surface area contributed by atoms with Gasteiger partial charge in [-0.2, -0.15) is 0 Å². The number of hydrogen-bond donors (Lipinski definition) is 1. The molecule has 0 spiro atoms. The molecule has 0 aliphatic carbocycles. The summed E-state index contributed by atoms with van der Waals surface area (Å²) >= 11 is 1.70. The van der Waals surface area contributed by atoms with E-state index in [0.29, 0.717) is 6.04 Å². The van der Waals surface area contributed by atoms with E-state index in [1.807, 2.05) is 5.51 Å². The Balaban J connectivity index is 1.69. The van der Waals surface area contributed by atoms with Crippen molar-refractivity contribution in [2.24, 2.45) is 11.8 Å². The Morgan fingerprint density at radius 1 is 1.47 bits per heavy atom. The van der Waals surface area contributed by atoms with Crippen molar-refractivity contribution in [2.75, 3.05) is 26.2 Å². The van der Waals surface area contributed by atoms with E-state index in [4.69, 9.17) is 0 Å². The minimum Gasteiger partial charge on any atom is -0.316 e. The van der Waals surface area contributed by atoms with Crippen LogP contribution in [0.25, 0.3) is 0 Å². The molecule has 3 heterocycles. The number of hydrogen-bond acceptors (Lipinski definition) is 4. The highest BCUT2D eigenvalue weighted by molar-refractivity contribution is 7.07. The Morgan fingerprint density at radius 3 is 2.80 bits per heavy atom. The summed E-state index contributed by atoms with van der Waals surface area (Å²) in [5.74, 6) is 1.76. The number of fused-ring (bicyclic) bond motifs is 1. The Morgan fingerprint density at radius 2 is 2.20 bits per heavy atom. The van der Waals surface area contributed by atoms with Crippen molar-refractivity contribution in [3.63, 3.8) is 0 Å². The van der Waals surface area contributed by atoms with Gasteiger partial charge in [-0.15, -0.1) is 11.3 Å². The zero-order valence-corrected chi connectivity index (χ0v) is 9.83. The first-order valence-electron chi connectivity index (χ1n) is 5.67. The molecule has 2 fully saturated rings. The summed E-state index contributed by atoms with van der Waals surface area (Å²) in [6, 6.07) is 0.502. The molecule has 3 atom stereocenters. The lowest BCUT2D eigenvalue weighted by Crippen LogP contribution is -2.28. The molecule has 1 aromatic rings. The van der Waals surface area contributed by atoms with E-state index in [9.17, 15) is 0 Å². The number of aromatic nitrogens is 1. The summed E-state index contributed by atoms with van der Waals surface area (Å²) in [7, 11) is 0. The SMILES string of the molecule is CC(c1cscn1)N1C[C@H]2CNC[C@H]2C1. The molecule has 2 saturated heterocycles. The monoisotopic (exact) mass is 223 g/mol. The maximum absolute atomic E-state index is 4.42. The van der Waals surface area contributed by atoms with E-state index in [1.165, 1.54) is 31.9 Å². The zero-order chi connectivity index (χ0) is 10.3. The van der Waals surface area contributed by atoms with Gasteiger partial charge < -0.3 is 5.32 Å². The normalized spacial score (nSPS) is 33.1. The molecule has 3 nitrogen and oxygen atoms in total. The van der Waals surface area contributed by atoms with Gasteiger partial charge in [0, 0.05) is 18.5 Å². The minimum atomic E-state index is 0.502. The van der Waals surface area contributed by atoms with Crippen molar-refractivity contribution in [1.82, 2.24) is 15.2 Å². The maximum atomic E-state index is 4.42. The largest absolute Gasteiger partial charge is 0.316 e. The highest BCUT2D eigenvalue weighted by Gasteiger charge is 2.38. The third-order valence-electron chi connectivity index (χ3n) is 3.84. The molecule has 15 heavy (non-hydrogen) atoms. The average molecular weight is 223 g/mol. The summed E-state index contributed by atoms with van der Waals surface area (Å²) in [4.78, 5) is 7.00. The first-order chi connectivity index (χ1) is 7.34. The Labute approximate surface area is 94.5 Å². The Hall–Kier alpha value is -0.450. The number of likely N-dealkylation sites (tertiary alicyclic amines) is 1. The van der Waals surface area contributed by atoms with Gasteiger partial charge in [-0.3, -0.25) is 4.90 Å². The second-order valence-electron chi connectivity index (χ2n) is 4.72. The second kappa shape index (κ2) is 3.85. The molecular weight excluding hydrogens is 206 g/mol. The quantitative estimate of drug-likeness (QED) is 0.820. The highest BCUT2D eigenvalue weighted by atomic mass is 32.1. The summed E-state index contributed by atoms with van der Waals surface area (Å²) in [5, 5.41) is 5.66. The maximum Gasteiger partial charge on any atom is 0.0795 e. The molecule has 2 aliphatic heterocycles. The average Bonchev–Trinajstić information content (AvgIpc) is 2.92. The standard InChI is InChI=1S/C11H17N3S/c1-8(11-6-15-7-13-11)14-4-9-2-12-3-10(9)5-14/h6-10,12H,2-5H2,1H3/t8?,9-,10+. The Bertz CT molecular complexity index is 313. The number of rotatable bonds is 2. The first kappa shape index (κ1) is 9.75. The van der Waals surface area contributed by atoms with Gasteiger partial charge in [-0.25, -0.2) is 4.98 Å². The molecule has 3 rings (SSSR count). The van der Waals surface area contributed by atoms with E-state index in [1.54, 1.807) is 11.3 Å². The highest BCUT2D eigenvalue weighted by Crippen LogP contribution is 2.32. The smallest absolute Gasteiger partial charge is 0.0795 e. The molecule has 0 amide bonds. The van der Waals surface area contributed by atoms with Crippen molar-refractivity contribution in [3.8, 4) is 0 Å². The van der Waals surface area contributed by atoms with Crippen LogP contribution in [0.5, 0.6) is 0 Å². The summed E-state index contributed by atoms with van der Waals surface area (Å²) < 4.78 is 0. The van der Waals surface area contributed by atoms with Gasteiger partial charge in [0.1, 0.15) is 0 Å². The van der Waals surface area contributed by atoms with Gasteiger partial charge in [-0.1, -0.05) is 0 Å². The van der Waals surface area contributed by atoms with Crippen molar-refractivity contribution in [1.29, 1.82) is 0 Å². The van der Waals surface area contributed by atoms with E-state index >= 15 is 0 Å². The molecule has 2 aliphatic rings. The number of thiazole rings is 1. The third kappa shape index (κ3) is 1.71. The lowest BCUT2D eigenvalue weighted by atomic mass is 10.0. The molecule has 1 N–H and O–H groups in total. The van der Waals surface area contributed by atoms with Crippen LogP contribution in [0.1, 0.15) is 18.7 Å². The van der Waals surface area contributed by atoms with Gasteiger partial charge in [0.05, 0.1) is 17.2 Å². The molecule has 1 aromatic heterocycles. The topological polar surface area (TPSA) is 28.2 Å². The number of nitrogens with zero attached hydrogens (tertiary/aromatic N) is 2. The molecule has 0 saturated carbocycles. The van der Waals surface area contributed by atoms with Crippen molar-refractivity contribution < 1.29 is 0 Å². The van der Waals surface area contributed by atoms with Crippen molar-refractivity contribution in [2.45, 2.75) is 13.0 Å². The van der Waals surface area contributed by atoms with Gasteiger partial charge in [0.2, 0.25) is 0 Å². The van der Waals surface area contributed by atoms with Crippen LogP contribution < -0.4 is 5.32 Å². The predicted molar refractivity (Wildman–Crippen MR) is 62.0 cm³/mol. The van der Waals surface area contributed by atoms with Crippen molar-refractivity contribution in [3.05, 3.63) is 16.6 Å². The lowest BCUT2D eigenvalue weighted by molar-refractivity contribution is 0.240. The fraction of sp³-hybridized carbons (Fsp3) is 0.727. The molecule has 0 aromatic carbocycles. The molecule has 4 heteroatoms.